The van der Waals surface area contributed by atoms with Crippen LogP contribution in [0, 0.1) is 18.6 Å². The number of rotatable bonds is 4. The average molecular weight is 321 g/mol. The summed E-state index contributed by atoms with van der Waals surface area (Å²) in [6, 6.07) is 3.79. The van der Waals surface area contributed by atoms with Gasteiger partial charge in [-0.2, -0.15) is 5.10 Å². The van der Waals surface area contributed by atoms with Crippen LogP contribution in [0.4, 0.5) is 8.78 Å². The molecule has 0 spiro atoms. The molecule has 4 nitrogen and oxygen atoms in total. The molecule has 0 saturated heterocycles. The summed E-state index contributed by atoms with van der Waals surface area (Å²) < 4.78 is 28.6. The lowest BCUT2D eigenvalue weighted by atomic mass is 10.1. The molecule has 3 rings (SSSR count). The Morgan fingerprint density at radius 3 is 2.57 bits per heavy atom. The first-order valence-electron chi connectivity index (χ1n) is 7.84. The molecule has 2 atom stereocenters. The van der Waals surface area contributed by atoms with Crippen molar-refractivity contribution in [1.29, 1.82) is 0 Å². The summed E-state index contributed by atoms with van der Waals surface area (Å²) in [5.41, 5.74) is 2.96. The summed E-state index contributed by atoms with van der Waals surface area (Å²) in [4.78, 5) is 0. The van der Waals surface area contributed by atoms with E-state index in [0.29, 0.717) is 23.8 Å². The zero-order valence-corrected chi connectivity index (χ0v) is 13.3. The fraction of sp³-hybridized carbons (Fsp3) is 0.471. The van der Waals surface area contributed by atoms with Crippen LogP contribution in [-0.4, -0.2) is 27.0 Å². The van der Waals surface area contributed by atoms with Crippen LogP contribution in [0.1, 0.15) is 30.5 Å². The summed E-state index contributed by atoms with van der Waals surface area (Å²) in [7, 11) is 1.77. The fourth-order valence-electron chi connectivity index (χ4n) is 3.33. The molecule has 1 heterocycles. The van der Waals surface area contributed by atoms with Gasteiger partial charge in [0.2, 0.25) is 0 Å². The van der Waals surface area contributed by atoms with Crippen LogP contribution in [0.5, 0.6) is 0 Å². The second-order valence-electron chi connectivity index (χ2n) is 6.25. The number of nitrogens with zero attached hydrogens (tertiary/aromatic N) is 2. The van der Waals surface area contributed by atoms with Gasteiger partial charge >= 0.3 is 0 Å². The van der Waals surface area contributed by atoms with Crippen molar-refractivity contribution in [3.8, 4) is 11.3 Å². The smallest absolute Gasteiger partial charge is 0.126 e. The highest BCUT2D eigenvalue weighted by molar-refractivity contribution is 5.64. The van der Waals surface area contributed by atoms with Gasteiger partial charge in [-0.3, -0.25) is 4.68 Å². The van der Waals surface area contributed by atoms with Crippen LogP contribution >= 0.6 is 0 Å². The summed E-state index contributed by atoms with van der Waals surface area (Å²) in [6.07, 6.45) is 2.32. The molecule has 1 aliphatic carbocycles. The number of halogens is 2. The van der Waals surface area contributed by atoms with Crippen molar-refractivity contribution < 1.29 is 13.9 Å². The normalized spacial score (nSPS) is 21.1. The standard InChI is InChI=1S/C17H21F2N3O/c1-10-16(9-20-14-3-4-15(23)8-14)21-22(2)17(10)11-5-12(18)7-13(19)6-11/h5-7,14-15,20,23H,3-4,8-9H2,1-2H3/t14-,15+/m0/s1. The molecule has 0 bridgehead atoms. The number of nitrogens with one attached hydrogen (secondary N) is 1. The molecule has 1 aromatic carbocycles. The van der Waals surface area contributed by atoms with Crippen molar-refractivity contribution in [2.24, 2.45) is 7.05 Å². The lowest BCUT2D eigenvalue weighted by Gasteiger charge is -2.11. The molecule has 1 aliphatic rings. The van der Waals surface area contributed by atoms with E-state index in [1.54, 1.807) is 11.7 Å². The van der Waals surface area contributed by atoms with E-state index in [4.69, 9.17) is 0 Å². The minimum absolute atomic E-state index is 0.219. The van der Waals surface area contributed by atoms with E-state index in [9.17, 15) is 13.9 Å². The Morgan fingerprint density at radius 1 is 1.26 bits per heavy atom. The highest BCUT2D eigenvalue weighted by atomic mass is 19.1. The monoisotopic (exact) mass is 321 g/mol. The molecule has 1 aromatic heterocycles. The molecule has 0 amide bonds. The average Bonchev–Trinajstić information content (AvgIpc) is 2.99. The molecular formula is C17H21F2N3O. The van der Waals surface area contributed by atoms with Crippen LogP contribution in [0.2, 0.25) is 0 Å². The Bertz CT molecular complexity index is 694. The van der Waals surface area contributed by atoms with Crippen LogP contribution in [0.25, 0.3) is 11.3 Å². The van der Waals surface area contributed by atoms with Gasteiger partial charge in [0.15, 0.2) is 0 Å². The van der Waals surface area contributed by atoms with Gasteiger partial charge in [-0.15, -0.1) is 0 Å². The lowest BCUT2D eigenvalue weighted by molar-refractivity contribution is 0.179. The quantitative estimate of drug-likeness (QED) is 0.910. The molecular weight excluding hydrogens is 300 g/mol. The second-order valence-corrected chi connectivity index (χ2v) is 6.25. The van der Waals surface area contributed by atoms with E-state index >= 15 is 0 Å². The van der Waals surface area contributed by atoms with Gasteiger partial charge < -0.3 is 10.4 Å². The van der Waals surface area contributed by atoms with Crippen molar-refractivity contribution in [3.63, 3.8) is 0 Å². The Labute approximate surface area is 134 Å². The molecule has 124 valence electrons. The summed E-state index contributed by atoms with van der Waals surface area (Å²) in [5.74, 6) is -1.19. The molecule has 6 heteroatoms. The fourth-order valence-corrected chi connectivity index (χ4v) is 3.33. The minimum Gasteiger partial charge on any atom is -0.393 e. The van der Waals surface area contributed by atoms with E-state index in [1.165, 1.54) is 12.1 Å². The third-order valence-electron chi connectivity index (χ3n) is 4.48. The molecule has 0 unspecified atom stereocenters. The Morgan fingerprint density at radius 2 is 1.96 bits per heavy atom. The summed E-state index contributed by atoms with van der Waals surface area (Å²) >= 11 is 0. The third-order valence-corrected chi connectivity index (χ3v) is 4.48. The number of aliphatic hydroxyl groups excluding tert-OH is 1. The van der Waals surface area contributed by atoms with E-state index < -0.39 is 11.6 Å². The van der Waals surface area contributed by atoms with E-state index in [2.05, 4.69) is 10.4 Å². The first-order chi connectivity index (χ1) is 10.9. The highest BCUT2D eigenvalue weighted by Gasteiger charge is 2.23. The third kappa shape index (κ3) is 3.43. The maximum absolute atomic E-state index is 13.5. The molecule has 2 aromatic rings. The van der Waals surface area contributed by atoms with Gasteiger partial charge in [0.25, 0.3) is 0 Å². The molecule has 0 aliphatic heterocycles. The zero-order chi connectivity index (χ0) is 16.6. The van der Waals surface area contributed by atoms with Gasteiger partial charge in [0.1, 0.15) is 11.6 Å². The van der Waals surface area contributed by atoms with Gasteiger partial charge in [-0.25, -0.2) is 8.78 Å². The predicted octanol–water partition coefficient (Wildman–Crippen LogP) is 2.68. The molecule has 0 radical (unpaired) electrons. The maximum Gasteiger partial charge on any atom is 0.126 e. The van der Waals surface area contributed by atoms with Crippen LogP contribution < -0.4 is 5.32 Å². The first-order valence-corrected chi connectivity index (χ1v) is 7.84. The number of benzene rings is 1. The van der Waals surface area contributed by atoms with Gasteiger partial charge in [0.05, 0.1) is 17.5 Å². The second kappa shape index (κ2) is 6.37. The summed E-state index contributed by atoms with van der Waals surface area (Å²) in [5, 5.41) is 17.4. The number of hydrogen-bond donors (Lipinski definition) is 2. The SMILES string of the molecule is Cc1c(CN[C@H]2CC[C@@H](O)C2)nn(C)c1-c1cc(F)cc(F)c1. The number of hydrogen-bond acceptors (Lipinski definition) is 3. The zero-order valence-electron chi connectivity index (χ0n) is 13.3. The molecule has 1 fully saturated rings. The molecule has 23 heavy (non-hydrogen) atoms. The van der Waals surface area contributed by atoms with E-state index in [-0.39, 0.29) is 6.10 Å². The highest BCUT2D eigenvalue weighted by Crippen LogP contribution is 2.27. The van der Waals surface area contributed by atoms with Crippen LogP contribution in [0.15, 0.2) is 18.2 Å². The topological polar surface area (TPSA) is 50.1 Å². The minimum atomic E-state index is -0.597. The van der Waals surface area contributed by atoms with Crippen LogP contribution in [-0.2, 0) is 13.6 Å². The number of aryl methyl sites for hydroxylation is 1. The van der Waals surface area contributed by atoms with Crippen molar-refractivity contribution in [3.05, 3.63) is 41.1 Å². The summed E-state index contributed by atoms with van der Waals surface area (Å²) in [6.45, 7) is 2.49. The number of aliphatic hydroxyl groups is 1. The Kier molecular flexibility index (Phi) is 4.46. The first kappa shape index (κ1) is 16.1. The van der Waals surface area contributed by atoms with E-state index in [0.717, 1.165) is 36.6 Å². The van der Waals surface area contributed by atoms with Crippen LogP contribution in [0.3, 0.4) is 0 Å². The number of aromatic nitrogens is 2. The van der Waals surface area contributed by atoms with Gasteiger partial charge in [-0.05, 0) is 43.9 Å². The van der Waals surface area contributed by atoms with Crippen molar-refractivity contribution in [2.75, 3.05) is 0 Å². The lowest BCUT2D eigenvalue weighted by Crippen LogP contribution is -2.26. The van der Waals surface area contributed by atoms with E-state index in [1.807, 2.05) is 6.92 Å². The maximum atomic E-state index is 13.5. The Balaban J connectivity index is 1.81. The Hall–Kier alpha value is -1.79. The van der Waals surface area contributed by atoms with Gasteiger partial charge in [0, 0.05) is 31.3 Å². The van der Waals surface area contributed by atoms with Gasteiger partial charge in [-0.1, -0.05) is 0 Å². The predicted molar refractivity (Wildman–Crippen MR) is 83.8 cm³/mol. The van der Waals surface area contributed by atoms with Crippen molar-refractivity contribution in [2.45, 2.75) is 44.9 Å². The van der Waals surface area contributed by atoms with Crippen molar-refractivity contribution >= 4 is 0 Å². The molecule has 1 saturated carbocycles. The largest absolute Gasteiger partial charge is 0.393 e. The molecule has 2 N–H and O–H groups in total. The van der Waals surface area contributed by atoms with Crippen molar-refractivity contribution in [1.82, 2.24) is 15.1 Å².